The molecule has 4 fully saturated rings. The number of esters is 1. The topological polar surface area (TPSA) is 127 Å². The zero-order valence-electron chi connectivity index (χ0n) is 27.1. The van der Waals surface area contributed by atoms with Gasteiger partial charge in [0.15, 0.2) is 0 Å². The Morgan fingerprint density at radius 1 is 1.18 bits per heavy atom. The van der Waals surface area contributed by atoms with Crippen LogP contribution in [0.25, 0.3) is 11.3 Å². The van der Waals surface area contributed by atoms with E-state index in [0.29, 0.717) is 35.3 Å². The SMILES string of the molecule is COc1c(C[C@H](NC(=O)Cn2cc(-c3cccnc3)nn2)B2O[C@@H]3C[C@@H]4C[C@@H](C4(C)C)[C@]3(C)O2)cccc1C(=O)OC(C)(C)C. The van der Waals surface area contributed by atoms with Gasteiger partial charge in [-0.3, -0.25) is 9.78 Å². The molecule has 1 N–H and O–H groups in total. The summed E-state index contributed by atoms with van der Waals surface area (Å²) in [6.45, 7) is 12.2. The van der Waals surface area contributed by atoms with Crippen molar-refractivity contribution in [2.24, 2.45) is 17.3 Å². The van der Waals surface area contributed by atoms with E-state index < -0.39 is 30.2 Å². The Bertz CT molecular complexity index is 1570. The quantitative estimate of drug-likeness (QED) is 0.277. The minimum absolute atomic E-state index is 0.0516. The number of rotatable bonds is 9. The molecule has 1 aromatic carbocycles. The predicted molar refractivity (Wildman–Crippen MR) is 167 cm³/mol. The van der Waals surface area contributed by atoms with E-state index in [9.17, 15) is 9.59 Å². The van der Waals surface area contributed by atoms with Crippen molar-refractivity contribution in [3.05, 3.63) is 60.0 Å². The molecule has 45 heavy (non-hydrogen) atoms. The molecule has 2 aromatic heterocycles. The second-order valence-electron chi connectivity index (χ2n) is 14.3. The molecule has 1 amide bonds. The molecule has 0 spiro atoms. The minimum Gasteiger partial charge on any atom is -0.496 e. The third-order valence-corrected chi connectivity index (χ3v) is 9.80. The number of ether oxygens (including phenoxy) is 2. The number of aromatic nitrogens is 4. The molecule has 238 valence electrons. The van der Waals surface area contributed by atoms with Gasteiger partial charge in [-0.05, 0) is 88.0 Å². The van der Waals surface area contributed by atoms with Crippen LogP contribution < -0.4 is 10.1 Å². The lowest BCUT2D eigenvalue weighted by Crippen LogP contribution is -2.65. The summed E-state index contributed by atoms with van der Waals surface area (Å²) in [4.78, 5) is 30.8. The molecule has 2 bridgehead atoms. The van der Waals surface area contributed by atoms with E-state index in [1.54, 1.807) is 30.7 Å². The van der Waals surface area contributed by atoms with Crippen molar-refractivity contribution in [3.63, 3.8) is 0 Å². The number of nitrogens with one attached hydrogen (secondary N) is 1. The Balaban J connectivity index is 1.26. The zero-order valence-corrected chi connectivity index (χ0v) is 27.1. The van der Waals surface area contributed by atoms with Crippen LogP contribution in [0.4, 0.5) is 0 Å². The Morgan fingerprint density at radius 2 is 1.98 bits per heavy atom. The molecule has 1 saturated heterocycles. The van der Waals surface area contributed by atoms with Gasteiger partial charge in [-0.25, -0.2) is 9.48 Å². The average Bonchev–Trinajstić information content (AvgIpc) is 3.60. The van der Waals surface area contributed by atoms with Gasteiger partial charge in [0.2, 0.25) is 5.91 Å². The first-order chi connectivity index (χ1) is 21.3. The summed E-state index contributed by atoms with van der Waals surface area (Å²) in [5.41, 5.74) is 1.52. The average molecular weight is 616 g/mol. The summed E-state index contributed by atoms with van der Waals surface area (Å²) in [7, 11) is 0.828. The summed E-state index contributed by atoms with van der Waals surface area (Å²) in [6.07, 6.45) is 7.37. The highest BCUT2D eigenvalue weighted by atomic mass is 16.7. The summed E-state index contributed by atoms with van der Waals surface area (Å²) in [5.74, 6) is 0.00913. The van der Waals surface area contributed by atoms with Crippen LogP contribution in [-0.2, 0) is 31.8 Å². The Hall–Kier alpha value is -3.77. The van der Waals surface area contributed by atoms with Crippen molar-refractivity contribution in [2.45, 2.75) is 90.6 Å². The highest BCUT2D eigenvalue weighted by Gasteiger charge is 2.68. The molecule has 3 aliphatic carbocycles. The number of carbonyl (C=O) groups is 2. The first-order valence-corrected chi connectivity index (χ1v) is 15.6. The summed E-state index contributed by atoms with van der Waals surface area (Å²) < 4.78 is 26.3. The van der Waals surface area contributed by atoms with Crippen LogP contribution in [0.3, 0.4) is 0 Å². The molecule has 3 aromatic rings. The van der Waals surface area contributed by atoms with Gasteiger partial charge in [0.1, 0.15) is 29.2 Å². The maximum Gasteiger partial charge on any atom is 0.482 e. The van der Waals surface area contributed by atoms with Crippen molar-refractivity contribution in [1.82, 2.24) is 25.3 Å². The molecule has 5 atom stereocenters. The zero-order chi connectivity index (χ0) is 32.1. The summed E-state index contributed by atoms with van der Waals surface area (Å²) in [6, 6.07) is 9.06. The Morgan fingerprint density at radius 3 is 2.67 bits per heavy atom. The fourth-order valence-electron chi connectivity index (χ4n) is 7.43. The van der Waals surface area contributed by atoms with Gasteiger partial charge in [0.25, 0.3) is 0 Å². The second kappa shape index (κ2) is 11.5. The molecule has 7 rings (SSSR count). The molecular weight excluding hydrogens is 573 g/mol. The third-order valence-electron chi connectivity index (χ3n) is 9.80. The van der Waals surface area contributed by atoms with Crippen molar-refractivity contribution < 1.29 is 28.4 Å². The number of methoxy groups -OCH3 is 1. The van der Waals surface area contributed by atoms with Crippen LogP contribution in [0.15, 0.2) is 48.9 Å². The lowest BCUT2D eigenvalue weighted by atomic mass is 9.43. The second-order valence-corrected chi connectivity index (χ2v) is 14.3. The van der Waals surface area contributed by atoms with E-state index in [0.717, 1.165) is 24.0 Å². The Labute approximate surface area is 264 Å². The maximum absolute atomic E-state index is 13.5. The van der Waals surface area contributed by atoms with E-state index in [2.05, 4.69) is 41.4 Å². The van der Waals surface area contributed by atoms with E-state index in [1.165, 1.54) is 11.8 Å². The smallest absolute Gasteiger partial charge is 0.482 e. The van der Waals surface area contributed by atoms with Crippen LogP contribution in [0.5, 0.6) is 5.75 Å². The maximum atomic E-state index is 13.5. The summed E-state index contributed by atoms with van der Waals surface area (Å²) in [5, 5.41) is 11.5. The van der Waals surface area contributed by atoms with Gasteiger partial charge < -0.3 is 24.1 Å². The van der Waals surface area contributed by atoms with E-state index in [-0.39, 0.29) is 24.0 Å². The van der Waals surface area contributed by atoms with Crippen LogP contribution in [-0.4, -0.2) is 69.3 Å². The number of carbonyl (C=O) groups excluding carboxylic acids is 2. The largest absolute Gasteiger partial charge is 0.496 e. The fraction of sp³-hybridized carbons (Fsp3) is 0.545. The molecule has 3 saturated carbocycles. The molecule has 11 nitrogen and oxygen atoms in total. The number of para-hydroxylation sites is 1. The summed E-state index contributed by atoms with van der Waals surface area (Å²) >= 11 is 0. The first-order valence-electron chi connectivity index (χ1n) is 15.6. The standard InChI is InChI=1S/C33H42BN5O6/c1-31(2,3)43-30(41)23-12-8-10-20(29(23)42-7)14-27(34-44-26-16-22-15-25(32(22,4)5)33(26,6)45-34)36-28(40)19-39-18-24(37-38-39)21-11-9-13-35-17-21/h8-13,17-18,22,25-27H,14-16,19H2,1-7H3,(H,36,40)/t22-,25-,26+,27-,33-/m0/s1. The molecule has 3 heterocycles. The van der Waals surface area contributed by atoms with Crippen LogP contribution in [0, 0.1) is 17.3 Å². The minimum atomic E-state index is -0.698. The monoisotopic (exact) mass is 615 g/mol. The van der Waals surface area contributed by atoms with Crippen molar-refractivity contribution in [2.75, 3.05) is 7.11 Å². The molecule has 12 heteroatoms. The molecule has 1 aliphatic heterocycles. The van der Waals surface area contributed by atoms with Crippen LogP contribution >= 0.6 is 0 Å². The van der Waals surface area contributed by atoms with Gasteiger partial charge >= 0.3 is 13.1 Å². The number of hydrogen-bond donors (Lipinski definition) is 1. The molecule has 0 unspecified atom stereocenters. The lowest BCUT2D eigenvalue weighted by molar-refractivity contribution is -0.199. The Kier molecular flexibility index (Phi) is 8.01. The highest BCUT2D eigenvalue weighted by molar-refractivity contribution is 6.48. The molecule has 0 radical (unpaired) electrons. The van der Waals surface area contributed by atoms with Crippen LogP contribution in [0.1, 0.15) is 70.3 Å². The van der Waals surface area contributed by atoms with Crippen LogP contribution in [0.2, 0.25) is 0 Å². The molecule has 4 aliphatic rings. The normalized spacial score (nSPS) is 25.6. The van der Waals surface area contributed by atoms with Gasteiger partial charge in [0.05, 0.1) is 31.0 Å². The first kappa shape index (κ1) is 31.2. The fourth-order valence-corrected chi connectivity index (χ4v) is 7.43. The predicted octanol–water partition coefficient (Wildman–Crippen LogP) is 4.30. The number of pyridine rings is 1. The number of nitrogens with zero attached hydrogens (tertiary/aromatic N) is 4. The van der Waals surface area contributed by atoms with E-state index >= 15 is 0 Å². The van der Waals surface area contributed by atoms with Crippen molar-refractivity contribution in [3.8, 4) is 17.0 Å². The molecular formula is C33H42BN5O6. The van der Waals surface area contributed by atoms with E-state index in [4.69, 9.17) is 18.8 Å². The number of hydrogen-bond acceptors (Lipinski definition) is 9. The lowest BCUT2D eigenvalue weighted by Gasteiger charge is -2.64. The number of amides is 1. The van der Waals surface area contributed by atoms with Crippen molar-refractivity contribution in [1.29, 1.82) is 0 Å². The van der Waals surface area contributed by atoms with Crippen molar-refractivity contribution >= 4 is 19.0 Å². The van der Waals surface area contributed by atoms with Gasteiger partial charge in [-0.1, -0.05) is 31.2 Å². The van der Waals surface area contributed by atoms with Gasteiger partial charge in [0, 0.05) is 18.0 Å². The van der Waals surface area contributed by atoms with Gasteiger partial charge in [-0.15, -0.1) is 5.10 Å². The highest BCUT2D eigenvalue weighted by Crippen LogP contribution is 2.65. The van der Waals surface area contributed by atoms with E-state index in [1.807, 2.05) is 39.0 Å². The third kappa shape index (κ3) is 5.97. The van der Waals surface area contributed by atoms with Gasteiger partial charge in [-0.2, -0.15) is 0 Å². The number of benzene rings is 1.